The Labute approximate surface area is 348 Å². The van der Waals surface area contributed by atoms with Crippen LogP contribution in [-0.2, 0) is 14.1 Å². The van der Waals surface area contributed by atoms with E-state index in [9.17, 15) is 0 Å². The van der Waals surface area contributed by atoms with Gasteiger partial charge in [0.05, 0.1) is 22.1 Å². The molecule has 0 amide bonds. The standard InChI is InChI=1S/C8H13N.C7H10O.C7H10S.C6H10N2.C6H9NO.C6H9NS.6CH4/c1-6-5-7(2)9(4)8(6)3;2*1-5-4-6(2)8-7(5)3;1-5-4-8(3)6(2)7-5;2*1-4-5(2)8-6(3)7-4;;;;;;/h5H,1-4H3;3*4H,1-3H3;2*1-3H3;6*1H4. The number of oxazole rings is 1. The first-order chi connectivity index (χ1) is 22.6. The largest absolute Gasteiger partial charge is 0.466 e. The van der Waals surface area contributed by atoms with Gasteiger partial charge in [-0.3, -0.25) is 0 Å². The smallest absolute Gasteiger partial charge is 0.191 e. The summed E-state index contributed by atoms with van der Waals surface area (Å²) in [6.07, 6.45) is 2.01. The van der Waals surface area contributed by atoms with Crippen LogP contribution in [0.25, 0.3) is 0 Å². The van der Waals surface area contributed by atoms with E-state index < -0.39 is 0 Å². The third-order valence-corrected chi connectivity index (χ3v) is 10.2. The first-order valence-corrected chi connectivity index (χ1v) is 18.2. The van der Waals surface area contributed by atoms with Gasteiger partial charge in [0.25, 0.3) is 0 Å². The summed E-state index contributed by atoms with van der Waals surface area (Å²) < 4.78 is 14.5. The average Bonchev–Trinajstić information content (AvgIpc) is 3.77. The molecule has 0 aromatic carbocycles. The quantitative estimate of drug-likeness (QED) is 0.153. The highest BCUT2D eigenvalue weighted by Crippen LogP contribution is 2.18. The van der Waals surface area contributed by atoms with Crippen LogP contribution >= 0.6 is 22.7 Å². The van der Waals surface area contributed by atoms with Crippen molar-refractivity contribution in [3.05, 3.63) is 118 Å². The molecule has 6 aromatic heterocycles. The summed E-state index contributed by atoms with van der Waals surface area (Å²) in [5, 5.41) is 1.17. The van der Waals surface area contributed by atoms with Gasteiger partial charge in [0.15, 0.2) is 5.89 Å². The van der Waals surface area contributed by atoms with Gasteiger partial charge in [-0.15, -0.1) is 22.7 Å². The van der Waals surface area contributed by atoms with Gasteiger partial charge < -0.3 is 18.0 Å². The summed E-state index contributed by atoms with van der Waals surface area (Å²) in [7, 11) is 4.09. The van der Waals surface area contributed by atoms with E-state index in [4.69, 9.17) is 8.83 Å². The molecule has 0 saturated heterocycles. The van der Waals surface area contributed by atoms with E-state index in [0.717, 1.165) is 40.4 Å². The normalized spacial score (nSPS) is 8.85. The van der Waals surface area contributed by atoms with E-state index in [1.807, 2.05) is 104 Å². The van der Waals surface area contributed by atoms with Crippen molar-refractivity contribution >= 4 is 22.7 Å². The van der Waals surface area contributed by atoms with Crippen LogP contribution < -0.4 is 0 Å². The number of hydrogen-bond donors (Lipinski definition) is 0. The molecule has 0 N–H and O–H groups in total. The lowest BCUT2D eigenvalue weighted by Gasteiger charge is -1.97. The number of imidazole rings is 1. The van der Waals surface area contributed by atoms with Crippen LogP contribution in [-0.4, -0.2) is 24.1 Å². The average molecular weight is 804 g/mol. The van der Waals surface area contributed by atoms with Gasteiger partial charge in [-0.05, 0) is 146 Å². The molecule has 0 bridgehead atoms. The molecule has 7 nitrogen and oxygen atoms in total. The lowest BCUT2D eigenvalue weighted by atomic mass is 10.3. The lowest BCUT2D eigenvalue weighted by molar-refractivity contribution is 0.493. The van der Waals surface area contributed by atoms with Crippen LogP contribution in [0.1, 0.15) is 138 Å². The van der Waals surface area contributed by atoms with Crippen molar-refractivity contribution in [3.8, 4) is 0 Å². The molecule has 0 saturated carbocycles. The predicted molar refractivity (Wildman–Crippen MR) is 251 cm³/mol. The molecule has 0 radical (unpaired) electrons. The molecule has 55 heavy (non-hydrogen) atoms. The van der Waals surface area contributed by atoms with E-state index in [1.54, 1.807) is 11.3 Å². The lowest BCUT2D eigenvalue weighted by Crippen LogP contribution is -1.92. The van der Waals surface area contributed by atoms with E-state index in [-0.39, 0.29) is 44.6 Å². The first-order valence-electron chi connectivity index (χ1n) is 16.6. The summed E-state index contributed by atoms with van der Waals surface area (Å²) in [6, 6.07) is 6.46. The monoisotopic (exact) mass is 804 g/mol. The maximum atomic E-state index is 5.21. The van der Waals surface area contributed by atoms with Crippen molar-refractivity contribution in [2.24, 2.45) is 14.1 Å². The number of nitrogens with zero attached hydrogens (tertiary/aromatic N) is 5. The Kier molecular flexibility index (Phi) is 34.0. The molecule has 6 heterocycles. The highest BCUT2D eigenvalue weighted by molar-refractivity contribution is 7.12. The maximum Gasteiger partial charge on any atom is 0.191 e. The Morgan fingerprint density at radius 2 is 1.07 bits per heavy atom. The first kappa shape index (κ1) is 63.3. The highest BCUT2D eigenvalue weighted by Gasteiger charge is 2.00. The van der Waals surface area contributed by atoms with Crippen molar-refractivity contribution in [1.29, 1.82) is 0 Å². The molecule has 318 valence electrons. The number of aryl methyl sites for hydroxylation is 17. The van der Waals surface area contributed by atoms with Crippen molar-refractivity contribution in [2.75, 3.05) is 0 Å². The van der Waals surface area contributed by atoms with Crippen molar-refractivity contribution in [3.63, 3.8) is 0 Å². The van der Waals surface area contributed by atoms with Crippen LogP contribution in [0.3, 0.4) is 0 Å². The third-order valence-electron chi connectivity index (χ3n) is 8.11. The Morgan fingerprint density at radius 1 is 0.527 bits per heavy atom. The van der Waals surface area contributed by atoms with Gasteiger partial charge in [-0.2, -0.15) is 0 Å². The van der Waals surface area contributed by atoms with Crippen molar-refractivity contribution in [1.82, 2.24) is 24.1 Å². The zero-order valence-electron chi connectivity index (χ0n) is 33.7. The molecule has 0 atom stereocenters. The number of thiophene rings is 1. The van der Waals surface area contributed by atoms with Gasteiger partial charge in [0.1, 0.15) is 23.1 Å². The topological polar surface area (TPSA) is 74.8 Å². The molecule has 0 fully saturated rings. The minimum absolute atomic E-state index is 0. The van der Waals surface area contributed by atoms with E-state index in [0.29, 0.717) is 0 Å². The van der Waals surface area contributed by atoms with E-state index in [2.05, 4.69) is 87.2 Å². The zero-order valence-corrected chi connectivity index (χ0v) is 35.3. The van der Waals surface area contributed by atoms with Crippen molar-refractivity contribution < 1.29 is 8.83 Å². The highest BCUT2D eigenvalue weighted by atomic mass is 32.1. The van der Waals surface area contributed by atoms with Gasteiger partial charge in [-0.25, -0.2) is 15.0 Å². The third kappa shape index (κ3) is 22.5. The second kappa shape index (κ2) is 29.6. The van der Waals surface area contributed by atoms with Crippen LogP contribution in [0, 0.1) is 118 Å². The second-order valence-electron chi connectivity index (χ2n) is 12.6. The second-order valence-corrected chi connectivity index (χ2v) is 15.5. The molecule has 6 aromatic rings. The Bertz CT molecular complexity index is 1500. The van der Waals surface area contributed by atoms with E-state index in [1.165, 1.54) is 53.4 Å². The summed E-state index contributed by atoms with van der Waals surface area (Å²) in [5.41, 5.74) is 10.0. The fourth-order valence-electron chi connectivity index (χ4n) is 4.56. The summed E-state index contributed by atoms with van der Waals surface area (Å²) >= 11 is 3.63. The fraction of sp³-hybridized carbons (Fsp3) is 0.543. The fourth-order valence-corrected chi connectivity index (χ4v) is 6.32. The molecule has 0 aliphatic heterocycles. The Morgan fingerprint density at radius 3 is 1.18 bits per heavy atom. The minimum Gasteiger partial charge on any atom is -0.466 e. The number of rotatable bonds is 0. The zero-order chi connectivity index (χ0) is 37.7. The van der Waals surface area contributed by atoms with E-state index >= 15 is 0 Å². The molecule has 0 unspecified atom stereocenters. The van der Waals surface area contributed by atoms with Crippen LogP contribution in [0.15, 0.2) is 33.2 Å². The van der Waals surface area contributed by atoms with Gasteiger partial charge in [0, 0.05) is 53.2 Å². The number of aromatic nitrogens is 5. The minimum atomic E-state index is 0. The van der Waals surface area contributed by atoms with Crippen LogP contribution in [0.2, 0.25) is 0 Å². The molecule has 6 rings (SSSR count). The molecule has 9 heteroatoms. The maximum absolute atomic E-state index is 5.21. The molecular weight excluding hydrogens is 719 g/mol. The molecular formula is C46H85N5O2S2. The van der Waals surface area contributed by atoms with Gasteiger partial charge in [0.2, 0.25) is 0 Å². The molecule has 0 spiro atoms. The SMILES string of the molecule is C.C.C.C.C.C.Cc1cc(C)c(C)o1.Cc1cc(C)c(C)s1.Cc1cc(C)n(C)c1C.Cc1cn(C)c(C)n1.Cc1nc(C)c(C)o1.Cc1nc(C)c(C)s1. The molecule has 0 aliphatic rings. The van der Waals surface area contributed by atoms with Gasteiger partial charge >= 0.3 is 0 Å². The summed E-state index contributed by atoms with van der Waals surface area (Å²) in [4.78, 5) is 16.6. The number of hydrogen-bond acceptors (Lipinski definition) is 7. The van der Waals surface area contributed by atoms with Gasteiger partial charge in [-0.1, -0.05) is 44.6 Å². The predicted octanol–water partition coefficient (Wildman–Crippen LogP) is 15.4. The molecule has 0 aliphatic carbocycles. The number of thiazole rings is 1. The Balaban J connectivity index is -0.000000128. The van der Waals surface area contributed by atoms with Crippen molar-refractivity contribution in [2.45, 2.75) is 162 Å². The van der Waals surface area contributed by atoms with Crippen LogP contribution in [0.4, 0.5) is 0 Å². The summed E-state index contributed by atoms with van der Waals surface area (Å²) in [6.45, 7) is 34.7. The Hall–Kier alpha value is -3.69. The van der Waals surface area contributed by atoms with Crippen LogP contribution in [0.5, 0.6) is 0 Å². The summed E-state index contributed by atoms with van der Waals surface area (Å²) in [5.74, 6) is 4.77. The number of furan rings is 1.